The maximum absolute atomic E-state index is 13.6. The second kappa shape index (κ2) is 10.7. The van der Waals surface area contributed by atoms with E-state index in [1.807, 2.05) is 23.2 Å². The standard InChI is InChI=1S/C31H40N4O2/c1-23(27-21-32-28-14-8-7-13-26(27)28)20-29(36)35-17-9-10-24(22-35)30(37)34-18-15-31(16-19-34,33(2)3)25-11-5-4-6-12-25/h4-8,11-14,21,23-24,32H,9-10,15-20,22H2,1-3H3. The van der Waals surface area contributed by atoms with Gasteiger partial charge in [0.05, 0.1) is 5.92 Å². The highest BCUT2D eigenvalue weighted by Gasteiger charge is 2.41. The number of nitrogens with zero attached hydrogens (tertiary/aromatic N) is 3. The Balaban J connectivity index is 1.19. The third kappa shape index (κ3) is 5.04. The van der Waals surface area contributed by atoms with Crippen LogP contribution in [0, 0.1) is 5.92 Å². The maximum atomic E-state index is 13.6. The molecule has 6 nitrogen and oxygen atoms in total. The summed E-state index contributed by atoms with van der Waals surface area (Å²) in [5.41, 5.74) is 3.58. The van der Waals surface area contributed by atoms with Crippen LogP contribution in [0.15, 0.2) is 60.8 Å². The predicted octanol–water partition coefficient (Wildman–Crippen LogP) is 4.98. The van der Waals surface area contributed by atoms with Crippen molar-refractivity contribution >= 4 is 22.7 Å². The van der Waals surface area contributed by atoms with Gasteiger partial charge in [0.25, 0.3) is 0 Å². The molecule has 2 aromatic carbocycles. The number of hydrogen-bond donors (Lipinski definition) is 1. The van der Waals surface area contributed by atoms with E-state index in [0.29, 0.717) is 13.0 Å². The van der Waals surface area contributed by atoms with Crippen LogP contribution in [0.3, 0.4) is 0 Å². The lowest BCUT2D eigenvalue weighted by Gasteiger charge is -2.47. The molecule has 0 spiro atoms. The Labute approximate surface area is 220 Å². The third-order valence-corrected chi connectivity index (χ3v) is 8.83. The highest BCUT2D eigenvalue weighted by molar-refractivity contribution is 5.85. The van der Waals surface area contributed by atoms with E-state index in [2.05, 4.69) is 78.3 Å². The van der Waals surface area contributed by atoms with Crippen molar-refractivity contribution in [2.24, 2.45) is 5.92 Å². The number of amides is 2. The van der Waals surface area contributed by atoms with E-state index in [4.69, 9.17) is 0 Å². The van der Waals surface area contributed by atoms with Crippen LogP contribution in [0.25, 0.3) is 10.9 Å². The molecule has 0 bridgehead atoms. The largest absolute Gasteiger partial charge is 0.361 e. The molecule has 1 aromatic heterocycles. The first-order valence-corrected chi connectivity index (χ1v) is 13.7. The van der Waals surface area contributed by atoms with Crippen molar-refractivity contribution < 1.29 is 9.59 Å². The van der Waals surface area contributed by atoms with Gasteiger partial charge in [-0.2, -0.15) is 0 Å². The molecular formula is C31H40N4O2. The third-order valence-electron chi connectivity index (χ3n) is 8.83. The molecule has 2 unspecified atom stereocenters. The van der Waals surface area contributed by atoms with Crippen LogP contribution in [0.1, 0.15) is 56.1 Å². The number of aromatic nitrogens is 1. The zero-order valence-corrected chi connectivity index (χ0v) is 22.5. The second-order valence-electron chi connectivity index (χ2n) is 11.2. The molecule has 3 heterocycles. The monoisotopic (exact) mass is 500 g/mol. The molecule has 196 valence electrons. The van der Waals surface area contributed by atoms with E-state index in [1.54, 1.807) is 0 Å². The number of aromatic amines is 1. The topological polar surface area (TPSA) is 59.7 Å². The SMILES string of the molecule is CC(CC(=O)N1CCCC(C(=O)N2CCC(c3ccccc3)(N(C)C)CC2)C1)c1c[nH]c2ccccc12. The number of piperidine rings is 2. The Kier molecular flexibility index (Phi) is 7.38. The van der Waals surface area contributed by atoms with Crippen molar-refractivity contribution in [2.75, 3.05) is 40.3 Å². The average molecular weight is 501 g/mol. The van der Waals surface area contributed by atoms with Gasteiger partial charge in [-0.25, -0.2) is 0 Å². The van der Waals surface area contributed by atoms with E-state index in [1.165, 1.54) is 16.5 Å². The number of hydrogen-bond acceptors (Lipinski definition) is 3. The number of likely N-dealkylation sites (tertiary alicyclic amines) is 2. The highest BCUT2D eigenvalue weighted by atomic mass is 16.2. The smallest absolute Gasteiger partial charge is 0.227 e. The second-order valence-corrected chi connectivity index (χ2v) is 11.2. The first-order chi connectivity index (χ1) is 17.9. The fourth-order valence-corrected chi connectivity index (χ4v) is 6.51. The molecule has 2 amide bonds. The fourth-order valence-electron chi connectivity index (χ4n) is 6.51. The minimum atomic E-state index is -0.0929. The van der Waals surface area contributed by atoms with Gasteiger partial charge in [0.1, 0.15) is 0 Å². The van der Waals surface area contributed by atoms with Crippen molar-refractivity contribution in [3.63, 3.8) is 0 Å². The summed E-state index contributed by atoms with van der Waals surface area (Å²) in [7, 11) is 4.29. The number of para-hydroxylation sites is 1. The maximum Gasteiger partial charge on any atom is 0.227 e. The summed E-state index contributed by atoms with van der Waals surface area (Å²) in [6, 6.07) is 18.9. The van der Waals surface area contributed by atoms with Crippen LogP contribution >= 0.6 is 0 Å². The number of carbonyl (C=O) groups excluding carboxylic acids is 2. The number of rotatable bonds is 6. The number of benzene rings is 2. The van der Waals surface area contributed by atoms with E-state index in [-0.39, 0.29) is 29.2 Å². The number of fused-ring (bicyclic) bond motifs is 1. The number of H-pyrrole nitrogens is 1. The van der Waals surface area contributed by atoms with E-state index < -0.39 is 0 Å². The first kappa shape index (κ1) is 25.5. The van der Waals surface area contributed by atoms with E-state index in [9.17, 15) is 9.59 Å². The summed E-state index contributed by atoms with van der Waals surface area (Å²) >= 11 is 0. The summed E-state index contributed by atoms with van der Waals surface area (Å²) in [4.78, 5) is 36.5. The first-order valence-electron chi connectivity index (χ1n) is 13.7. The molecule has 2 aliphatic rings. The Bertz CT molecular complexity index is 1230. The van der Waals surface area contributed by atoms with Crippen LogP contribution in [0.2, 0.25) is 0 Å². The Hall–Kier alpha value is -3.12. The molecule has 2 aliphatic heterocycles. The molecule has 6 heteroatoms. The van der Waals surface area contributed by atoms with Gasteiger partial charge in [-0.15, -0.1) is 0 Å². The molecule has 0 radical (unpaired) electrons. The molecule has 37 heavy (non-hydrogen) atoms. The van der Waals surface area contributed by atoms with Crippen molar-refractivity contribution in [3.8, 4) is 0 Å². The summed E-state index contributed by atoms with van der Waals surface area (Å²) in [5.74, 6) is 0.413. The predicted molar refractivity (Wildman–Crippen MR) is 148 cm³/mol. The molecule has 2 fully saturated rings. The zero-order valence-electron chi connectivity index (χ0n) is 22.5. The van der Waals surface area contributed by atoms with Crippen molar-refractivity contribution in [1.82, 2.24) is 19.7 Å². The van der Waals surface area contributed by atoms with Gasteiger partial charge in [-0.05, 0) is 62.9 Å². The summed E-state index contributed by atoms with van der Waals surface area (Å²) in [5, 5.41) is 1.18. The fraction of sp³-hybridized carbons (Fsp3) is 0.484. The van der Waals surface area contributed by atoms with Gasteiger partial charge >= 0.3 is 0 Å². The van der Waals surface area contributed by atoms with Crippen molar-refractivity contribution in [1.29, 1.82) is 0 Å². The highest BCUT2D eigenvalue weighted by Crippen LogP contribution is 2.38. The molecule has 3 aromatic rings. The normalized spacial score (nSPS) is 20.8. The molecule has 5 rings (SSSR count). The van der Waals surface area contributed by atoms with Gasteiger partial charge in [0.15, 0.2) is 0 Å². The Morgan fingerprint density at radius 1 is 1.00 bits per heavy atom. The molecule has 2 atom stereocenters. The molecule has 0 saturated carbocycles. The average Bonchev–Trinajstić information content (AvgIpc) is 3.37. The lowest BCUT2D eigenvalue weighted by atomic mass is 9.79. The van der Waals surface area contributed by atoms with Crippen LogP contribution in [-0.4, -0.2) is 71.8 Å². The van der Waals surface area contributed by atoms with Gasteiger partial charge in [0, 0.05) is 55.2 Å². The van der Waals surface area contributed by atoms with Crippen LogP contribution in [0.5, 0.6) is 0 Å². The lowest BCUT2D eigenvalue weighted by Crippen LogP contribution is -2.54. The van der Waals surface area contributed by atoms with Crippen LogP contribution < -0.4 is 0 Å². The molecule has 1 N–H and O–H groups in total. The number of nitrogens with one attached hydrogen (secondary N) is 1. The van der Waals surface area contributed by atoms with Gasteiger partial charge in [0.2, 0.25) is 11.8 Å². The van der Waals surface area contributed by atoms with Gasteiger partial charge < -0.3 is 14.8 Å². The van der Waals surface area contributed by atoms with Gasteiger partial charge in [-0.1, -0.05) is 55.5 Å². The Morgan fingerprint density at radius 3 is 2.43 bits per heavy atom. The van der Waals surface area contributed by atoms with Crippen LogP contribution in [-0.2, 0) is 15.1 Å². The minimum absolute atomic E-state index is 0.0366. The van der Waals surface area contributed by atoms with E-state index in [0.717, 1.165) is 50.8 Å². The summed E-state index contributed by atoms with van der Waals surface area (Å²) < 4.78 is 0. The van der Waals surface area contributed by atoms with Crippen molar-refractivity contribution in [2.45, 2.75) is 50.5 Å². The molecule has 0 aliphatic carbocycles. The quantitative estimate of drug-likeness (QED) is 0.519. The van der Waals surface area contributed by atoms with E-state index >= 15 is 0 Å². The molecule has 2 saturated heterocycles. The van der Waals surface area contributed by atoms with Gasteiger partial charge in [-0.3, -0.25) is 14.5 Å². The minimum Gasteiger partial charge on any atom is -0.361 e. The summed E-state index contributed by atoms with van der Waals surface area (Å²) in [6.07, 6.45) is 6.11. The molecular weight excluding hydrogens is 460 g/mol. The Morgan fingerprint density at radius 2 is 1.70 bits per heavy atom. The zero-order chi connectivity index (χ0) is 26.0. The van der Waals surface area contributed by atoms with Crippen LogP contribution in [0.4, 0.5) is 0 Å². The summed E-state index contributed by atoms with van der Waals surface area (Å²) in [6.45, 7) is 4.94. The lowest BCUT2D eigenvalue weighted by molar-refractivity contribution is -0.143. The number of carbonyl (C=O) groups is 2. The van der Waals surface area contributed by atoms with Crippen molar-refractivity contribution in [3.05, 3.63) is 71.9 Å².